The maximum Gasteiger partial charge on any atom is 0.352 e. The Morgan fingerprint density at radius 1 is 1.08 bits per heavy atom. The fourth-order valence-corrected chi connectivity index (χ4v) is 4.67. The van der Waals surface area contributed by atoms with Gasteiger partial charge in [-0.3, -0.25) is 9.36 Å². The standard InChI is InChI=1S/C28H32ClN5O3/c1-18(2)24(32(15-8-16-35)27(36)22-13-11-19(3)12-14-22)26-30-25-23(29)20(4)31-34(25)28(37)33(26)17-21-9-6-5-7-10-21/h5-7,9-14,18,24,35H,8,15-17H2,1-4H3/t24-/m1/s1. The molecule has 0 fully saturated rings. The summed E-state index contributed by atoms with van der Waals surface area (Å²) in [7, 11) is 0. The minimum Gasteiger partial charge on any atom is -0.396 e. The molecule has 2 aromatic carbocycles. The van der Waals surface area contributed by atoms with E-state index in [1.54, 1.807) is 28.5 Å². The van der Waals surface area contributed by atoms with E-state index in [0.29, 0.717) is 35.1 Å². The molecule has 4 aromatic rings. The second-order valence-electron chi connectivity index (χ2n) is 9.59. The van der Waals surface area contributed by atoms with Crippen LogP contribution in [0, 0.1) is 19.8 Å². The summed E-state index contributed by atoms with van der Waals surface area (Å²) in [6.07, 6.45) is 0.387. The van der Waals surface area contributed by atoms with E-state index in [4.69, 9.17) is 16.6 Å². The Bertz CT molecular complexity index is 1440. The van der Waals surface area contributed by atoms with Gasteiger partial charge in [0, 0.05) is 18.7 Å². The smallest absolute Gasteiger partial charge is 0.352 e. The van der Waals surface area contributed by atoms with Crippen LogP contribution in [0.15, 0.2) is 59.4 Å². The lowest BCUT2D eigenvalue weighted by Crippen LogP contribution is -2.43. The number of aliphatic hydroxyl groups is 1. The van der Waals surface area contributed by atoms with Gasteiger partial charge in [0.1, 0.15) is 10.8 Å². The number of hydrogen-bond acceptors (Lipinski definition) is 5. The quantitative estimate of drug-likeness (QED) is 0.352. The fourth-order valence-electron chi connectivity index (χ4n) is 4.51. The van der Waals surface area contributed by atoms with Crippen LogP contribution in [-0.2, 0) is 6.54 Å². The van der Waals surface area contributed by atoms with E-state index in [1.807, 2.05) is 63.2 Å². The number of carbonyl (C=O) groups is 1. The summed E-state index contributed by atoms with van der Waals surface area (Å²) in [6.45, 7) is 8.16. The average molecular weight is 522 g/mol. The molecule has 0 radical (unpaired) electrons. The van der Waals surface area contributed by atoms with Gasteiger partial charge in [-0.25, -0.2) is 9.78 Å². The molecule has 0 spiro atoms. The Hall–Kier alpha value is -3.49. The molecule has 0 aliphatic rings. The van der Waals surface area contributed by atoms with E-state index in [2.05, 4.69) is 5.10 Å². The van der Waals surface area contributed by atoms with Crippen molar-refractivity contribution >= 4 is 23.2 Å². The lowest BCUT2D eigenvalue weighted by molar-refractivity contribution is 0.0586. The van der Waals surface area contributed by atoms with E-state index in [9.17, 15) is 14.7 Å². The Balaban J connectivity index is 1.94. The molecule has 1 amide bonds. The molecule has 4 rings (SSSR count). The second-order valence-corrected chi connectivity index (χ2v) is 9.97. The largest absolute Gasteiger partial charge is 0.396 e. The van der Waals surface area contributed by atoms with E-state index in [-0.39, 0.29) is 36.3 Å². The monoisotopic (exact) mass is 521 g/mol. The maximum atomic E-state index is 13.9. The van der Waals surface area contributed by atoms with Crippen molar-refractivity contribution in [3.8, 4) is 0 Å². The molecule has 8 nitrogen and oxygen atoms in total. The minimum absolute atomic E-state index is 0.0700. The number of aliphatic hydroxyl groups excluding tert-OH is 1. The second kappa shape index (κ2) is 11.3. The van der Waals surface area contributed by atoms with Crippen molar-refractivity contribution < 1.29 is 9.90 Å². The summed E-state index contributed by atoms with van der Waals surface area (Å²) in [5.41, 5.74) is 2.88. The van der Waals surface area contributed by atoms with Gasteiger partial charge in [0.15, 0.2) is 5.65 Å². The molecule has 1 N–H and O–H groups in total. The molecule has 194 valence electrons. The Labute approximate surface area is 221 Å². The number of hydrogen-bond donors (Lipinski definition) is 1. The molecule has 9 heteroatoms. The predicted octanol–water partition coefficient (Wildman–Crippen LogP) is 4.43. The van der Waals surface area contributed by atoms with Crippen LogP contribution in [-0.4, -0.2) is 48.2 Å². The molecular formula is C28H32ClN5O3. The molecule has 0 saturated heterocycles. The van der Waals surface area contributed by atoms with Crippen LogP contribution in [0.4, 0.5) is 0 Å². The van der Waals surface area contributed by atoms with Gasteiger partial charge in [0.2, 0.25) is 0 Å². The van der Waals surface area contributed by atoms with Crippen molar-refractivity contribution in [3.63, 3.8) is 0 Å². The van der Waals surface area contributed by atoms with Crippen LogP contribution < -0.4 is 5.69 Å². The van der Waals surface area contributed by atoms with Gasteiger partial charge in [-0.1, -0.05) is 73.5 Å². The molecule has 0 bridgehead atoms. The van der Waals surface area contributed by atoms with E-state index >= 15 is 0 Å². The Kier molecular flexibility index (Phi) is 8.10. The number of rotatable bonds is 9. The highest BCUT2D eigenvalue weighted by Crippen LogP contribution is 2.31. The van der Waals surface area contributed by atoms with Crippen LogP contribution in [0.5, 0.6) is 0 Å². The summed E-state index contributed by atoms with van der Waals surface area (Å²) in [5, 5.41) is 14.3. The number of benzene rings is 2. The number of fused-ring (bicyclic) bond motifs is 1. The first-order valence-electron chi connectivity index (χ1n) is 12.4. The normalized spacial score (nSPS) is 12.3. The molecule has 37 heavy (non-hydrogen) atoms. The van der Waals surface area contributed by atoms with Crippen LogP contribution >= 0.6 is 11.6 Å². The zero-order valence-electron chi connectivity index (χ0n) is 21.6. The topological polar surface area (TPSA) is 92.7 Å². The lowest BCUT2D eigenvalue weighted by Gasteiger charge is -2.35. The van der Waals surface area contributed by atoms with Crippen molar-refractivity contribution in [2.45, 2.75) is 46.7 Å². The van der Waals surface area contributed by atoms with E-state index in [1.165, 1.54) is 4.52 Å². The number of halogens is 1. The lowest BCUT2D eigenvalue weighted by atomic mass is 9.99. The van der Waals surface area contributed by atoms with Crippen molar-refractivity contribution in [1.29, 1.82) is 0 Å². The van der Waals surface area contributed by atoms with E-state index in [0.717, 1.165) is 11.1 Å². The molecular weight excluding hydrogens is 490 g/mol. The average Bonchev–Trinajstić information content (AvgIpc) is 3.17. The van der Waals surface area contributed by atoms with Crippen molar-refractivity contribution in [3.05, 3.63) is 98.3 Å². The van der Waals surface area contributed by atoms with Gasteiger partial charge < -0.3 is 10.0 Å². The highest BCUT2D eigenvalue weighted by molar-refractivity contribution is 6.34. The van der Waals surface area contributed by atoms with Crippen LogP contribution in [0.25, 0.3) is 5.65 Å². The molecule has 0 saturated carbocycles. The highest BCUT2D eigenvalue weighted by Gasteiger charge is 2.33. The highest BCUT2D eigenvalue weighted by atomic mass is 35.5. The first-order valence-corrected chi connectivity index (χ1v) is 12.8. The van der Waals surface area contributed by atoms with E-state index < -0.39 is 6.04 Å². The minimum atomic E-state index is -0.562. The summed E-state index contributed by atoms with van der Waals surface area (Å²) in [4.78, 5) is 34.2. The third-order valence-corrected chi connectivity index (χ3v) is 6.85. The predicted molar refractivity (Wildman–Crippen MR) is 144 cm³/mol. The van der Waals surface area contributed by atoms with Gasteiger partial charge in [-0.05, 0) is 43.9 Å². The van der Waals surface area contributed by atoms with Gasteiger partial charge in [-0.15, -0.1) is 0 Å². The number of amides is 1. The van der Waals surface area contributed by atoms with Crippen LogP contribution in [0.1, 0.15) is 59.3 Å². The van der Waals surface area contributed by atoms with Crippen LogP contribution in [0.3, 0.4) is 0 Å². The molecule has 2 aromatic heterocycles. The zero-order valence-corrected chi connectivity index (χ0v) is 22.3. The first kappa shape index (κ1) is 26.6. The van der Waals surface area contributed by atoms with Crippen LogP contribution in [0.2, 0.25) is 5.02 Å². The van der Waals surface area contributed by atoms with Crippen molar-refractivity contribution in [2.24, 2.45) is 5.92 Å². The van der Waals surface area contributed by atoms with Gasteiger partial charge in [0.05, 0.1) is 18.3 Å². The maximum absolute atomic E-state index is 13.9. The zero-order chi connectivity index (χ0) is 26.7. The van der Waals surface area contributed by atoms with Gasteiger partial charge in [0.25, 0.3) is 5.91 Å². The first-order chi connectivity index (χ1) is 17.7. The third-order valence-electron chi connectivity index (χ3n) is 6.41. The molecule has 0 aliphatic heterocycles. The fraction of sp³-hybridized carbons (Fsp3) is 0.357. The molecule has 0 unspecified atom stereocenters. The van der Waals surface area contributed by atoms with Crippen molar-refractivity contribution in [1.82, 2.24) is 24.1 Å². The van der Waals surface area contributed by atoms with Gasteiger partial charge in [-0.2, -0.15) is 9.61 Å². The summed E-state index contributed by atoms with van der Waals surface area (Å²) in [6, 6.07) is 16.4. The number of aryl methyl sites for hydroxylation is 2. The van der Waals surface area contributed by atoms with Gasteiger partial charge >= 0.3 is 5.69 Å². The summed E-state index contributed by atoms with van der Waals surface area (Å²) >= 11 is 6.51. The third kappa shape index (κ3) is 5.45. The molecule has 0 aliphatic carbocycles. The number of aromatic nitrogens is 4. The SMILES string of the molecule is Cc1ccc(C(=O)N(CCCO)[C@@H](c2nc3c(Cl)c(C)nn3c(=O)n2Cc2ccccc2)C(C)C)cc1. The molecule has 1 atom stereocenters. The van der Waals surface area contributed by atoms with Crippen molar-refractivity contribution in [2.75, 3.05) is 13.2 Å². The summed E-state index contributed by atoms with van der Waals surface area (Å²) < 4.78 is 2.80. The Morgan fingerprint density at radius 3 is 2.38 bits per heavy atom. The summed E-state index contributed by atoms with van der Waals surface area (Å²) in [5.74, 6) is 0.132. The number of carbonyl (C=O) groups excluding carboxylic acids is 1. The number of nitrogens with zero attached hydrogens (tertiary/aromatic N) is 5. The molecule has 2 heterocycles. The Morgan fingerprint density at radius 2 is 1.76 bits per heavy atom.